The van der Waals surface area contributed by atoms with Crippen molar-refractivity contribution < 1.29 is 14.3 Å². The Morgan fingerprint density at radius 2 is 1.79 bits per heavy atom. The van der Waals surface area contributed by atoms with E-state index in [2.05, 4.69) is 5.32 Å². The van der Waals surface area contributed by atoms with Crippen LogP contribution in [0.1, 0.15) is 23.7 Å². The fourth-order valence-electron chi connectivity index (χ4n) is 3.21. The minimum atomic E-state index is -0.792. The number of nitrogens with zero attached hydrogens (tertiary/aromatic N) is 2. The van der Waals surface area contributed by atoms with E-state index in [-0.39, 0.29) is 23.6 Å². The molecular weight excluding hydrogens is 362 g/mol. The van der Waals surface area contributed by atoms with E-state index < -0.39 is 12.0 Å². The lowest BCUT2D eigenvalue weighted by Gasteiger charge is -2.17. The molecule has 8 nitrogen and oxygen atoms in total. The van der Waals surface area contributed by atoms with E-state index in [4.69, 9.17) is 4.74 Å². The van der Waals surface area contributed by atoms with E-state index in [1.54, 1.807) is 26.1 Å². The zero-order chi connectivity index (χ0) is 21.2. The number of carbonyl (C=O) groups excluding carboxylic acids is 2. The van der Waals surface area contributed by atoms with Gasteiger partial charge in [-0.15, -0.1) is 0 Å². The van der Waals surface area contributed by atoms with Gasteiger partial charge in [0.15, 0.2) is 0 Å². The molecule has 1 aromatic carbocycles. The maximum absolute atomic E-state index is 12.7. The zero-order valence-electron chi connectivity index (χ0n) is 17.0. The number of esters is 1. The molecule has 1 amide bonds. The van der Waals surface area contributed by atoms with Crippen molar-refractivity contribution in [3.8, 4) is 11.1 Å². The number of hydrogen-bond donors (Lipinski definition) is 1. The van der Waals surface area contributed by atoms with Gasteiger partial charge in [0.2, 0.25) is 5.91 Å². The van der Waals surface area contributed by atoms with Crippen molar-refractivity contribution in [3.05, 3.63) is 55.9 Å². The van der Waals surface area contributed by atoms with E-state index in [0.717, 1.165) is 15.7 Å². The predicted octanol–water partition coefficient (Wildman–Crippen LogP) is 0.588. The first-order valence-corrected chi connectivity index (χ1v) is 8.79. The molecular formula is C20H25N3O5. The van der Waals surface area contributed by atoms with Crippen LogP contribution in [-0.4, -0.2) is 34.2 Å². The van der Waals surface area contributed by atoms with Gasteiger partial charge in [-0.25, -0.2) is 9.59 Å². The van der Waals surface area contributed by atoms with E-state index in [1.165, 1.54) is 25.6 Å². The number of hydrogen-bond acceptors (Lipinski definition) is 5. The summed E-state index contributed by atoms with van der Waals surface area (Å²) in [7, 11) is 4.34. The zero-order valence-corrected chi connectivity index (χ0v) is 17.0. The van der Waals surface area contributed by atoms with Gasteiger partial charge >= 0.3 is 11.7 Å². The van der Waals surface area contributed by atoms with Crippen LogP contribution in [0.15, 0.2) is 27.8 Å². The molecule has 0 radical (unpaired) electrons. The minimum absolute atomic E-state index is 0.262. The fraction of sp³-hybridized carbons (Fsp3) is 0.400. The molecule has 0 spiro atoms. The summed E-state index contributed by atoms with van der Waals surface area (Å²) in [6, 6.07) is 4.65. The number of carbonyl (C=O) groups is 2. The minimum Gasteiger partial charge on any atom is -0.467 e. The molecule has 1 unspecified atom stereocenters. The van der Waals surface area contributed by atoms with Crippen molar-refractivity contribution in [1.82, 2.24) is 14.5 Å². The molecule has 8 heteroatoms. The van der Waals surface area contributed by atoms with Gasteiger partial charge < -0.3 is 14.6 Å². The summed E-state index contributed by atoms with van der Waals surface area (Å²) in [5.41, 5.74) is 2.65. The van der Waals surface area contributed by atoms with Crippen molar-refractivity contribution in [2.75, 3.05) is 7.11 Å². The Hall–Kier alpha value is -3.16. The third-order valence-electron chi connectivity index (χ3n) is 4.82. The molecule has 1 atom stereocenters. The highest BCUT2D eigenvalue weighted by Gasteiger charge is 2.21. The molecule has 1 aromatic heterocycles. The molecule has 0 fully saturated rings. The summed E-state index contributed by atoms with van der Waals surface area (Å²) in [6.07, 6.45) is 0.262. The van der Waals surface area contributed by atoms with Crippen LogP contribution in [0, 0.1) is 13.8 Å². The Morgan fingerprint density at radius 1 is 1.14 bits per heavy atom. The number of nitrogens with one attached hydrogen (secondary N) is 1. The summed E-state index contributed by atoms with van der Waals surface area (Å²) >= 11 is 0. The van der Waals surface area contributed by atoms with Gasteiger partial charge in [-0.05, 0) is 30.5 Å². The van der Waals surface area contributed by atoms with Gasteiger partial charge in [0, 0.05) is 33.1 Å². The van der Waals surface area contributed by atoms with E-state index in [1.807, 2.05) is 13.0 Å². The van der Waals surface area contributed by atoms with Gasteiger partial charge in [0.05, 0.1) is 12.7 Å². The maximum atomic E-state index is 12.7. The van der Waals surface area contributed by atoms with Gasteiger partial charge in [0.25, 0.3) is 5.56 Å². The van der Waals surface area contributed by atoms with Crippen molar-refractivity contribution in [2.24, 2.45) is 14.1 Å². The summed E-state index contributed by atoms with van der Waals surface area (Å²) in [6.45, 7) is 4.92. The number of ether oxygens (including phenoxy) is 1. The largest absolute Gasteiger partial charge is 0.467 e. The second-order valence-electron chi connectivity index (χ2n) is 6.80. The second-order valence-corrected chi connectivity index (χ2v) is 6.80. The summed E-state index contributed by atoms with van der Waals surface area (Å²) < 4.78 is 7.27. The van der Waals surface area contributed by atoms with Crippen molar-refractivity contribution in [2.45, 2.75) is 33.2 Å². The first-order chi connectivity index (χ1) is 13.1. The molecule has 0 bridgehead atoms. The average molecular weight is 387 g/mol. The molecule has 0 saturated carbocycles. The lowest BCUT2D eigenvalue weighted by Crippen LogP contribution is -2.42. The van der Waals surface area contributed by atoms with Crippen LogP contribution >= 0.6 is 0 Å². The van der Waals surface area contributed by atoms with E-state index >= 15 is 0 Å². The van der Waals surface area contributed by atoms with Gasteiger partial charge in [0.1, 0.15) is 6.04 Å². The summed E-state index contributed by atoms with van der Waals surface area (Å²) in [4.78, 5) is 48.0. The summed E-state index contributed by atoms with van der Waals surface area (Å²) in [5, 5.41) is 2.58. The molecule has 2 rings (SSSR count). The van der Waals surface area contributed by atoms with Crippen LogP contribution in [0.4, 0.5) is 0 Å². The Bertz CT molecular complexity index is 1050. The number of methoxy groups -OCH3 is 1. The first-order valence-electron chi connectivity index (χ1n) is 8.79. The Kier molecular flexibility index (Phi) is 6.23. The smallest absolute Gasteiger partial charge is 0.330 e. The number of rotatable bonds is 5. The maximum Gasteiger partial charge on any atom is 0.330 e. The lowest BCUT2D eigenvalue weighted by atomic mass is 9.95. The first kappa shape index (κ1) is 21.1. The SMILES string of the molecule is COC(=O)C(Cc1ccc(-c2c(C)n(C)c(=O)n(C)c2=O)c(C)c1)NC(C)=O. The molecule has 0 aliphatic rings. The van der Waals surface area contributed by atoms with Gasteiger partial charge in [-0.1, -0.05) is 18.2 Å². The second kappa shape index (κ2) is 8.24. The molecule has 150 valence electrons. The lowest BCUT2D eigenvalue weighted by molar-refractivity contribution is -0.144. The normalized spacial score (nSPS) is 11.8. The van der Waals surface area contributed by atoms with E-state index in [0.29, 0.717) is 16.8 Å². The number of aromatic nitrogens is 2. The topological polar surface area (TPSA) is 99.4 Å². The average Bonchev–Trinajstić information content (AvgIpc) is 2.65. The van der Waals surface area contributed by atoms with E-state index in [9.17, 15) is 19.2 Å². The molecule has 0 saturated heterocycles. The number of benzene rings is 1. The van der Waals surface area contributed by atoms with Crippen LogP contribution in [0.25, 0.3) is 11.1 Å². The molecule has 28 heavy (non-hydrogen) atoms. The Balaban J connectivity index is 2.49. The van der Waals surface area contributed by atoms with Crippen molar-refractivity contribution >= 4 is 11.9 Å². The van der Waals surface area contributed by atoms with Crippen molar-refractivity contribution in [3.63, 3.8) is 0 Å². The summed E-state index contributed by atoms with van der Waals surface area (Å²) in [5.74, 6) is -0.854. The highest BCUT2D eigenvalue weighted by atomic mass is 16.5. The number of amides is 1. The van der Waals surface area contributed by atoms with Gasteiger partial charge in [-0.2, -0.15) is 0 Å². The monoisotopic (exact) mass is 387 g/mol. The predicted molar refractivity (Wildman–Crippen MR) is 105 cm³/mol. The third-order valence-corrected chi connectivity index (χ3v) is 4.82. The Labute approximate surface area is 162 Å². The van der Waals surface area contributed by atoms with Crippen LogP contribution in [0.5, 0.6) is 0 Å². The van der Waals surface area contributed by atoms with Crippen molar-refractivity contribution in [1.29, 1.82) is 0 Å². The molecule has 1 heterocycles. The molecule has 0 aliphatic heterocycles. The number of aryl methyl sites for hydroxylation is 1. The molecule has 0 aliphatic carbocycles. The van der Waals surface area contributed by atoms with Crippen LogP contribution in [0.3, 0.4) is 0 Å². The fourth-order valence-corrected chi connectivity index (χ4v) is 3.21. The highest BCUT2D eigenvalue weighted by molar-refractivity contribution is 5.83. The molecule has 1 N–H and O–H groups in total. The van der Waals surface area contributed by atoms with Gasteiger partial charge in [-0.3, -0.25) is 14.2 Å². The third kappa shape index (κ3) is 4.05. The highest BCUT2D eigenvalue weighted by Crippen LogP contribution is 2.24. The molecule has 2 aromatic rings. The standard InChI is InChI=1S/C20H25N3O5/c1-11-9-14(10-16(19(26)28-6)21-13(3)24)7-8-15(11)17-12(2)22(4)20(27)23(5)18(17)25/h7-9,16H,10H2,1-6H3,(H,21,24). The van der Waals surface area contributed by atoms with Crippen LogP contribution in [-0.2, 0) is 34.8 Å². The Morgan fingerprint density at radius 3 is 2.32 bits per heavy atom. The van der Waals surface area contributed by atoms with Crippen LogP contribution in [0.2, 0.25) is 0 Å². The van der Waals surface area contributed by atoms with Crippen LogP contribution < -0.4 is 16.6 Å². The quantitative estimate of drug-likeness (QED) is 0.757.